The molecular formula is C18H20O4. The molecule has 0 heterocycles. The van der Waals surface area contributed by atoms with Crippen LogP contribution in [0.25, 0.3) is 0 Å². The van der Waals surface area contributed by atoms with Crippen molar-refractivity contribution in [2.24, 2.45) is 17.8 Å². The summed E-state index contributed by atoms with van der Waals surface area (Å²) < 4.78 is 0. The molecule has 0 atom stereocenters. The molecule has 4 nitrogen and oxygen atoms in total. The first kappa shape index (κ1) is 13.8. The number of aromatic carboxylic acids is 2. The quantitative estimate of drug-likeness (QED) is 0.895. The molecule has 0 aliphatic heterocycles. The van der Waals surface area contributed by atoms with Crippen molar-refractivity contribution in [3.05, 3.63) is 34.9 Å². The molecule has 4 saturated carbocycles. The molecule has 116 valence electrons. The second-order valence-electron chi connectivity index (χ2n) is 7.54. The fraction of sp³-hybridized carbons (Fsp3) is 0.556. The summed E-state index contributed by atoms with van der Waals surface area (Å²) in [5, 5.41) is 19.2. The van der Waals surface area contributed by atoms with Gasteiger partial charge in [-0.15, -0.1) is 0 Å². The van der Waals surface area contributed by atoms with E-state index in [0.717, 1.165) is 19.3 Å². The van der Waals surface area contributed by atoms with Gasteiger partial charge in [-0.25, -0.2) is 9.59 Å². The lowest BCUT2D eigenvalue weighted by molar-refractivity contribution is -0.00645. The highest BCUT2D eigenvalue weighted by atomic mass is 16.4. The van der Waals surface area contributed by atoms with Crippen LogP contribution in [0.2, 0.25) is 0 Å². The summed E-state index contributed by atoms with van der Waals surface area (Å²) >= 11 is 0. The highest BCUT2D eigenvalue weighted by Crippen LogP contribution is 2.61. The first-order valence-corrected chi connectivity index (χ1v) is 8.08. The number of hydrogen-bond acceptors (Lipinski definition) is 2. The van der Waals surface area contributed by atoms with Crippen molar-refractivity contribution < 1.29 is 19.8 Å². The maximum atomic E-state index is 11.7. The van der Waals surface area contributed by atoms with Crippen molar-refractivity contribution in [3.8, 4) is 0 Å². The molecule has 0 unspecified atom stereocenters. The van der Waals surface area contributed by atoms with Gasteiger partial charge in [0, 0.05) is 0 Å². The van der Waals surface area contributed by atoms with Crippen LogP contribution in [-0.2, 0) is 5.41 Å². The van der Waals surface area contributed by atoms with Crippen molar-refractivity contribution in [2.45, 2.75) is 43.9 Å². The predicted molar refractivity (Wildman–Crippen MR) is 80.2 cm³/mol. The van der Waals surface area contributed by atoms with Gasteiger partial charge in [-0.2, -0.15) is 0 Å². The van der Waals surface area contributed by atoms with Gasteiger partial charge in [-0.1, -0.05) is 6.07 Å². The van der Waals surface area contributed by atoms with E-state index in [9.17, 15) is 19.8 Å². The van der Waals surface area contributed by atoms with Crippen LogP contribution in [0.15, 0.2) is 18.2 Å². The Labute approximate surface area is 129 Å². The summed E-state index contributed by atoms with van der Waals surface area (Å²) in [5.74, 6) is -0.0677. The molecule has 4 heteroatoms. The fourth-order valence-electron chi connectivity index (χ4n) is 5.90. The highest BCUT2D eigenvalue weighted by Gasteiger charge is 2.53. The van der Waals surface area contributed by atoms with E-state index in [1.807, 2.05) is 0 Å². The van der Waals surface area contributed by atoms with Crippen LogP contribution >= 0.6 is 0 Å². The normalized spacial score (nSPS) is 35.5. The van der Waals surface area contributed by atoms with Gasteiger partial charge < -0.3 is 10.2 Å². The van der Waals surface area contributed by atoms with Crippen LogP contribution in [0.5, 0.6) is 0 Å². The molecule has 4 bridgehead atoms. The number of carboxylic acid groups (broad SMARTS) is 2. The van der Waals surface area contributed by atoms with Crippen LogP contribution in [0.1, 0.15) is 64.8 Å². The lowest BCUT2D eigenvalue weighted by Gasteiger charge is -2.57. The van der Waals surface area contributed by atoms with Crippen LogP contribution in [-0.4, -0.2) is 22.2 Å². The summed E-state index contributed by atoms with van der Waals surface area (Å²) in [6, 6.07) is 4.70. The highest BCUT2D eigenvalue weighted by molar-refractivity contribution is 5.97. The summed E-state index contributed by atoms with van der Waals surface area (Å²) in [6.07, 6.45) is 6.63. The van der Waals surface area contributed by atoms with Gasteiger partial charge in [-0.05, 0) is 79.4 Å². The Hall–Kier alpha value is -1.84. The van der Waals surface area contributed by atoms with E-state index >= 15 is 0 Å². The molecule has 4 aliphatic carbocycles. The van der Waals surface area contributed by atoms with Gasteiger partial charge in [-0.3, -0.25) is 0 Å². The zero-order chi connectivity index (χ0) is 15.5. The van der Waals surface area contributed by atoms with Crippen molar-refractivity contribution in [2.75, 3.05) is 0 Å². The van der Waals surface area contributed by atoms with E-state index in [2.05, 4.69) is 0 Å². The summed E-state index contributed by atoms with van der Waals surface area (Å²) in [4.78, 5) is 23.4. The SMILES string of the molecule is O=C(O)c1cccc(C(=O)O)c1C12CC3CC(CC(C3)C1)C2. The molecule has 0 saturated heterocycles. The molecular weight excluding hydrogens is 280 g/mol. The Bertz CT molecular complexity index is 594. The summed E-state index contributed by atoms with van der Waals surface area (Å²) in [7, 11) is 0. The van der Waals surface area contributed by atoms with Gasteiger partial charge in [0.2, 0.25) is 0 Å². The van der Waals surface area contributed by atoms with Gasteiger partial charge in [0.25, 0.3) is 0 Å². The molecule has 0 spiro atoms. The molecule has 4 aliphatic rings. The minimum atomic E-state index is -1.01. The Balaban J connectivity index is 1.91. The maximum absolute atomic E-state index is 11.7. The number of hydrogen-bond donors (Lipinski definition) is 2. The molecule has 5 rings (SSSR count). The average Bonchev–Trinajstić information content (AvgIpc) is 2.44. The van der Waals surface area contributed by atoms with E-state index < -0.39 is 11.9 Å². The molecule has 2 N–H and O–H groups in total. The smallest absolute Gasteiger partial charge is 0.336 e. The van der Waals surface area contributed by atoms with Gasteiger partial charge in [0.15, 0.2) is 0 Å². The molecule has 0 amide bonds. The number of rotatable bonds is 3. The summed E-state index contributed by atoms with van der Waals surface area (Å²) in [5.41, 5.74) is 0.773. The lowest BCUT2D eigenvalue weighted by atomic mass is 9.47. The molecule has 0 radical (unpaired) electrons. The molecule has 1 aromatic carbocycles. The third kappa shape index (κ3) is 1.89. The third-order valence-corrected chi connectivity index (χ3v) is 6.09. The first-order valence-electron chi connectivity index (χ1n) is 8.08. The largest absolute Gasteiger partial charge is 0.478 e. The minimum Gasteiger partial charge on any atom is -0.478 e. The number of benzene rings is 1. The van der Waals surface area contributed by atoms with Crippen LogP contribution in [0.4, 0.5) is 0 Å². The van der Waals surface area contributed by atoms with Crippen molar-refractivity contribution in [3.63, 3.8) is 0 Å². The summed E-state index contributed by atoms with van der Waals surface area (Å²) in [6.45, 7) is 0. The van der Waals surface area contributed by atoms with Crippen molar-refractivity contribution >= 4 is 11.9 Å². The first-order chi connectivity index (χ1) is 10.5. The predicted octanol–water partition coefficient (Wildman–Crippen LogP) is 3.55. The van der Waals surface area contributed by atoms with E-state index in [4.69, 9.17) is 0 Å². The molecule has 0 aromatic heterocycles. The van der Waals surface area contributed by atoms with Crippen molar-refractivity contribution in [1.82, 2.24) is 0 Å². The number of carboxylic acids is 2. The Morgan fingerprint density at radius 1 is 0.864 bits per heavy atom. The topological polar surface area (TPSA) is 74.6 Å². The van der Waals surface area contributed by atoms with Gasteiger partial charge in [0.05, 0.1) is 11.1 Å². The molecule has 1 aromatic rings. The average molecular weight is 300 g/mol. The van der Waals surface area contributed by atoms with Crippen molar-refractivity contribution in [1.29, 1.82) is 0 Å². The minimum absolute atomic E-state index is 0.196. The zero-order valence-electron chi connectivity index (χ0n) is 12.4. The second-order valence-corrected chi connectivity index (χ2v) is 7.54. The maximum Gasteiger partial charge on any atom is 0.336 e. The van der Waals surface area contributed by atoms with Crippen LogP contribution < -0.4 is 0 Å². The Morgan fingerprint density at radius 3 is 1.64 bits per heavy atom. The Kier molecular flexibility index (Phi) is 2.87. The molecule has 22 heavy (non-hydrogen) atoms. The van der Waals surface area contributed by atoms with Gasteiger partial charge >= 0.3 is 11.9 Å². The van der Waals surface area contributed by atoms with E-state index in [-0.39, 0.29) is 16.5 Å². The third-order valence-electron chi connectivity index (χ3n) is 6.09. The number of carbonyl (C=O) groups is 2. The standard InChI is InChI=1S/C18H20O4/c19-16(20)13-2-1-3-14(17(21)22)15(13)18-7-10-4-11(8-18)6-12(5-10)9-18/h1-3,10-12H,4-9H2,(H,19,20)(H,21,22). The fourth-order valence-corrected chi connectivity index (χ4v) is 5.90. The van der Waals surface area contributed by atoms with E-state index in [0.29, 0.717) is 23.3 Å². The second kappa shape index (κ2) is 4.58. The monoisotopic (exact) mass is 300 g/mol. The van der Waals surface area contributed by atoms with E-state index in [1.165, 1.54) is 19.3 Å². The van der Waals surface area contributed by atoms with Crippen LogP contribution in [0.3, 0.4) is 0 Å². The zero-order valence-corrected chi connectivity index (χ0v) is 12.4. The lowest BCUT2D eigenvalue weighted by Crippen LogP contribution is -2.49. The Morgan fingerprint density at radius 2 is 1.27 bits per heavy atom. The molecule has 4 fully saturated rings. The van der Waals surface area contributed by atoms with E-state index in [1.54, 1.807) is 18.2 Å². The van der Waals surface area contributed by atoms with Gasteiger partial charge in [0.1, 0.15) is 0 Å². The van der Waals surface area contributed by atoms with Crippen LogP contribution in [0, 0.1) is 17.8 Å².